The smallest absolute Gasteiger partial charge is 0.335 e. The summed E-state index contributed by atoms with van der Waals surface area (Å²) in [7, 11) is -4.37. The fraction of sp³-hybridized carbons (Fsp3) is 0.438. The summed E-state index contributed by atoms with van der Waals surface area (Å²) in [4.78, 5) is 11.2. The van der Waals surface area contributed by atoms with Gasteiger partial charge < -0.3 is 4.74 Å². The molecule has 0 saturated heterocycles. The Labute approximate surface area is 138 Å². The Hall–Kier alpha value is -1.80. The van der Waals surface area contributed by atoms with Gasteiger partial charge in [0.05, 0.1) is 0 Å². The van der Waals surface area contributed by atoms with Crippen LogP contribution in [0.25, 0.3) is 5.57 Å². The Morgan fingerprint density at radius 3 is 2.38 bits per heavy atom. The highest BCUT2D eigenvalue weighted by atomic mass is 32.2. The number of benzene rings is 1. The average molecular weight is 357 g/mol. The topological polar surface area (TPSA) is 86.5 Å². The molecule has 1 heterocycles. The molecule has 0 bridgehead atoms. The lowest BCUT2D eigenvalue weighted by Crippen LogP contribution is -2.16. The van der Waals surface area contributed by atoms with Crippen LogP contribution in [-0.2, 0) is 19.6 Å². The second kappa shape index (κ2) is 6.25. The van der Waals surface area contributed by atoms with Crippen molar-refractivity contribution in [3.05, 3.63) is 34.9 Å². The molecular formula is C16H17F2NO4S. The van der Waals surface area contributed by atoms with Gasteiger partial charge in [-0.15, -0.1) is 0 Å². The minimum absolute atomic E-state index is 0.0378. The Bertz CT molecular complexity index is 827. The van der Waals surface area contributed by atoms with Crippen LogP contribution in [-0.4, -0.2) is 21.0 Å². The molecule has 0 radical (unpaired) electrons. The predicted octanol–water partition coefficient (Wildman–Crippen LogP) is 2.50. The van der Waals surface area contributed by atoms with Crippen molar-refractivity contribution < 1.29 is 26.7 Å². The van der Waals surface area contributed by atoms with Crippen molar-refractivity contribution in [1.29, 1.82) is 0 Å². The zero-order valence-corrected chi connectivity index (χ0v) is 13.7. The van der Waals surface area contributed by atoms with Gasteiger partial charge in [0.15, 0.2) is 0 Å². The predicted molar refractivity (Wildman–Crippen MR) is 82.2 cm³/mol. The van der Waals surface area contributed by atoms with Crippen LogP contribution in [0.2, 0.25) is 0 Å². The van der Waals surface area contributed by atoms with Gasteiger partial charge in [-0.3, -0.25) is 0 Å². The van der Waals surface area contributed by atoms with Crippen molar-refractivity contribution in [2.75, 3.05) is 6.61 Å². The maximum atomic E-state index is 14.4. The molecule has 0 unspecified atom stereocenters. The molecule has 8 heteroatoms. The maximum Gasteiger partial charge on any atom is 0.335 e. The molecule has 1 aromatic carbocycles. The van der Waals surface area contributed by atoms with Gasteiger partial charge in [-0.1, -0.05) is 19.3 Å². The van der Waals surface area contributed by atoms with Gasteiger partial charge in [0.1, 0.15) is 23.1 Å². The molecular weight excluding hydrogens is 340 g/mol. The highest BCUT2D eigenvalue weighted by molar-refractivity contribution is 7.89. The van der Waals surface area contributed by atoms with E-state index in [9.17, 15) is 22.0 Å². The van der Waals surface area contributed by atoms with E-state index in [4.69, 9.17) is 9.88 Å². The largest absolute Gasteiger partial charge is 0.457 e. The molecule has 2 aliphatic rings. The number of hydrogen-bond donors (Lipinski definition) is 1. The SMILES string of the molecule is NS(=O)(=O)c1cc(F)c(C2=C(C3CCCCC3)C(=O)OC2)cc1F. The van der Waals surface area contributed by atoms with Crippen LogP contribution in [0.15, 0.2) is 22.6 Å². The van der Waals surface area contributed by atoms with Crippen LogP contribution in [0.4, 0.5) is 8.78 Å². The first-order chi connectivity index (χ1) is 11.3. The van der Waals surface area contributed by atoms with Gasteiger partial charge in [-0.25, -0.2) is 27.1 Å². The van der Waals surface area contributed by atoms with Gasteiger partial charge >= 0.3 is 5.97 Å². The quantitative estimate of drug-likeness (QED) is 0.842. The standard InChI is InChI=1S/C16H17F2NO4S/c17-12-7-14(24(19,21)22)13(18)6-10(12)11-8-23-16(20)15(11)9-4-2-1-3-5-9/h6-7,9H,1-5,8H2,(H2,19,21,22). The lowest BCUT2D eigenvalue weighted by atomic mass is 9.81. The zero-order chi connectivity index (χ0) is 17.5. The van der Waals surface area contributed by atoms with E-state index >= 15 is 0 Å². The summed E-state index contributed by atoms with van der Waals surface area (Å²) in [5.41, 5.74) is 0.534. The molecule has 3 rings (SSSR count). The van der Waals surface area contributed by atoms with Crippen molar-refractivity contribution in [1.82, 2.24) is 0 Å². The number of rotatable bonds is 3. The molecule has 5 nitrogen and oxygen atoms in total. The number of nitrogens with two attached hydrogens (primary N) is 1. The van der Waals surface area contributed by atoms with E-state index < -0.39 is 32.5 Å². The summed E-state index contributed by atoms with van der Waals surface area (Å²) >= 11 is 0. The average Bonchev–Trinajstić information content (AvgIpc) is 2.90. The van der Waals surface area contributed by atoms with Crippen molar-refractivity contribution in [2.24, 2.45) is 11.1 Å². The Morgan fingerprint density at radius 1 is 1.08 bits per heavy atom. The van der Waals surface area contributed by atoms with E-state index in [-0.39, 0.29) is 18.1 Å². The van der Waals surface area contributed by atoms with Crippen LogP contribution in [0.5, 0.6) is 0 Å². The van der Waals surface area contributed by atoms with E-state index in [0.717, 1.165) is 38.2 Å². The van der Waals surface area contributed by atoms with E-state index in [2.05, 4.69) is 0 Å². The Morgan fingerprint density at radius 2 is 1.75 bits per heavy atom. The van der Waals surface area contributed by atoms with Crippen LogP contribution >= 0.6 is 0 Å². The summed E-state index contributed by atoms with van der Waals surface area (Å²) in [5.74, 6) is -2.64. The highest BCUT2D eigenvalue weighted by Crippen LogP contribution is 2.39. The van der Waals surface area contributed by atoms with Crippen LogP contribution in [0.1, 0.15) is 37.7 Å². The molecule has 0 spiro atoms. The fourth-order valence-corrected chi connectivity index (χ4v) is 4.02. The molecule has 24 heavy (non-hydrogen) atoms. The number of esters is 1. The van der Waals surface area contributed by atoms with Gasteiger partial charge in [0.2, 0.25) is 10.0 Å². The number of hydrogen-bond acceptors (Lipinski definition) is 4. The van der Waals surface area contributed by atoms with E-state index in [1.54, 1.807) is 0 Å². The monoisotopic (exact) mass is 357 g/mol. The molecule has 1 aromatic rings. The fourth-order valence-electron chi connectivity index (χ4n) is 3.42. The molecule has 0 aromatic heterocycles. The number of primary sulfonamides is 1. The Balaban J connectivity index is 2.11. The second-order valence-corrected chi connectivity index (χ2v) is 7.64. The van der Waals surface area contributed by atoms with E-state index in [0.29, 0.717) is 17.2 Å². The van der Waals surface area contributed by atoms with Gasteiger partial charge in [-0.2, -0.15) is 0 Å². The number of halogens is 2. The molecule has 1 fully saturated rings. The highest BCUT2D eigenvalue weighted by Gasteiger charge is 2.34. The summed E-state index contributed by atoms with van der Waals surface area (Å²) in [6, 6.07) is 1.32. The van der Waals surface area contributed by atoms with Gasteiger partial charge in [-0.05, 0) is 30.9 Å². The maximum absolute atomic E-state index is 14.4. The van der Waals surface area contributed by atoms with Crippen molar-refractivity contribution in [3.63, 3.8) is 0 Å². The molecule has 0 atom stereocenters. The minimum Gasteiger partial charge on any atom is -0.457 e. The lowest BCUT2D eigenvalue weighted by molar-refractivity contribution is -0.136. The summed E-state index contributed by atoms with van der Waals surface area (Å²) in [5, 5.41) is 4.87. The molecule has 0 amide bonds. The zero-order valence-electron chi connectivity index (χ0n) is 12.8. The van der Waals surface area contributed by atoms with Crippen molar-refractivity contribution in [2.45, 2.75) is 37.0 Å². The van der Waals surface area contributed by atoms with Crippen molar-refractivity contribution >= 4 is 21.6 Å². The first kappa shape index (κ1) is 17.0. The normalized spacial score (nSPS) is 19.7. The summed E-state index contributed by atoms with van der Waals surface area (Å²) < 4.78 is 56.1. The number of cyclic esters (lactones) is 1. The molecule has 2 N–H and O–H groups in total. The number of carbonyl (C=O) groups is 1. The van der Waals surface area contributed by atoms with E-state index in [1.807, 2.05) is 0 Å². The van der Waals surface area contributed by atoms with E-state index in [1.165, 1.54) is 0 Å². The first-order valence-electron chi connectivity index (χ1n) is 7.71. The third kappa shape index (κ3) is 3.08. The van der Waals surface area contributed by atoms with Crippen LogP contribution in [0, 0.1) is 17.6 Å². The molecule has 1 aliphatic heterocycles. The summed E-state index contributed by atoms with van der Waals surface area (Å²) in [6.45, 7) is -0.143. The van der Waals surface area contributed by atoms with Gasteiger partial charge in [0, 0.05) is 16.7 Å². The summed E-state index contributed by atoms with van der Waals surface area (Å²) in [6.07, 6.45) is 4.62. The minimum atomic E-state index is -4.37. The number of carbonyl (C=O) groups excluding carboxylic acids is 1. The molecule has 1 aliphatic carbocycles. The number of ether oxygens (including phenoxy) is 1. The lowest BCUT2D eigenvalue weighted by Gasteiger charge is -2.22. The van der Waals surface area contributed by atoms with Gasteiger partial charge in [0.25, 0.3) is 0 Å². The van der Waals surface area contributed by atoms with Crippen LogP contribution in [0.3, 0.4) is 0 Å². The van der Waals surface area contributed by atoms with Crippen LogP contribution < -0.4 is 5.14 Å². The number of sulfonamides is 1. The molecule has 130 valence electrons. The first-order valence-corrected chi connectivity index (χ1v) is 9.26. The third-order valence-electron chi connectivity index (χ3n) is 4.56. The molecule has 1 saturated carbocycles. The third-order valence-corrected chi connectivity index (χ3v) is 5.49. The second-order valence-electron chi connectivity index (χ2n) is 6.11. The Kier molecular flexibility index (Phi) is 4.44. The van der Waals surface area contributed by atoms with Crippen molar-refractivity contribution in [3.8, 4) is 0 Å².